The first-order valence-corrected chi connectivity index (χ1v) is 11.4. The average molecular weight is 511 g/mol. The topological polar surface area (TPSA) is 87.1 Å². The van der Waals surface area contributed by atoms with Crippen LogP contribution in [0.3, 0.4) is 0 Å². The van der Waals surface area contributed by atoms with Crippen molar-refractivity contribution >= 4 is 23.1 Å². The van der Waals surface area contributed by atoms with Crippen molar-refractivity contribution in [2.75, 3.05) is 12.0 Å². The van der Waals surface area contributed by atoms with Crippen LogP contribution in [0.2, 0.25) is 0 Å². The molecule has 1 fully saturated rings. The minimum atomic E-state index is -4.58. The highest BCUT2D eigenvalue weighted by atomic mass is 19.4. The van der Waals surface area contributed by atoms with Gasteiger partial charge in [0.2, 0.25) is 0 Å². The lowest BCUT2D eigenvalue weighted by Crippen LogP contribution is -2.29. The number of aliphatic hydroxyl groups is 1. The number of carbonyl (C=O) groups excluding carboxylic acids is 2. The first kappa shape index (κ1) is 25.8. The molecule has 0 bridgehead atoms. The maximum Gasteiger partial charge on any atom is 0.416 e. The Kier molecular flexibility index (Phi) is 6.73. The average Bonchev–Trinajstić information content (AvgIpc) is 3.13. The van der Waals surface area contributed by atoms with E-state index in [2.05, 4.69) is 0 Å². The number of anilines is 1. The van der Waals surface area contributed by atoms with Gasteiger partial charge in [0.1, 0.15) is 17.3 Å². The Hall–Kier alpha value is -4.27. The van der Waals surface area contributed by atoms with Crippen molar-refractivity contribution in [2.24, 2.45) is 0 Å². The van der Waals surface area contributed by atoms with Crippen LogP contribution in [0.25, 0.3) is 5.76 Å². The van der Waals surface area contributed by atoms with Gasteiger partial charge in [0.15, 0.2) is 0 Å². The third kappa shape index (κ3) is 4.76. The van der Waals surface area contributed by atoms with E-state index in [1.807, 2.05) is 13.8 Å². The van der Waals surface area contributed by atoms with Gasteiger partial charge in [-0.2, -0.15) is 13.2 Å². The highest BCUT2D eigenvalue weighted by molar-refractivity contribution is 6.51. The molecule has 0 spiro atoms. The molecule has 1 amide bonds. The Labute approximate surface area is 211 Å². The van der Waals surface area contributed by atoms with E-state index in [0.29, 0.717) is 11.3 Å². The Morgan fingerprint density at radius 1 is 1.00 bits per heavy atom. The Balaban J connectivity index is 1.92. The van der Waals surface area contributed by atoms with Gasteiger partial charge in [0.25, 0.3) is 11.7 Å². The van der Waals surface area contributed by atoms with E-state index in [-0.39, 0.29) is 28.5 Å². The molecule has 0 aromatic heterocycles. The van der Waals surface area contributed by atoms with Crippen LogP contribution < -0.4 is 9.64 Å². The summed E-state index contributed by atoms with van der Waals surface area (Å²) in [5.41, 5.74) is 0.174. The summed E-state index contributed by atoms with van der Waals surface area (Å²) in [6.45, 7) is 3.86. The molecule has 9 heteroatoms. The zero-order valence-corrected chi connectivity index (χ0v) is 20.2. The number of ketones is 1. The van der Waals surface area contributed by atoms with Gasteiger partial charge in [0.05, 0.1) is 24.3 Å². The van der Waals surface area contributed by atoms with E-state index in [4.69, 9.17) is 4.74 Å². The van der Waals surface area contributed by atoms with Crippen LogP contribution in [0.15, 0.2) is 72.3 Å². The van der Waals surface area contributed by atoms with Crippen molar-refractivity contribution in [3.05, 3.63) is 94.6 Å². The van der Waals surface area contributed by atoms with Gasteiger partial charge in [-0.3, -0.25) is 14.5 Å². The zero-order chi connectivity index (χ0) is 27.1. The van der Waals surface area contributed by atoms with Crippen molar-refractivity contribution in [1.29, 1.82) is 0 Å². The molecule has 37 heavy (non-hydrogen) atoms. The molecular weight excluding hydrogens is 487 g/mol. The fraction of sp³-hybridized carbons (Fsp3) is 0.214. The molecule has 1 atom stereocenters. The van der Waals surface area contributed by atoms with E-state index in [1.165, 1.54) is 25.3 Å². The highest BCUT2D eigenvalue weighted by Crippen LogP contribution is 2.44. The fourth-order valence-corrected chi connectivity index (χ4v) is 4.41. The number of halogens is 3. The Morgan fingerprint density at radius 3 is 2.24 bits per heavy atom. The van der Waals surface area contributed by atoms with Gasteiger partial charge in [0, 0.05) is 11.3 Å². The second-order valence-electron chi connectivity index (χ2n) is 8.92. The second kappa shape index (κ2) is 9.65. The summed E-state index contributed by atoms with van der Waals surface area (Å²) >= 11 is 0. The van der Waals surface area contributed by atoms with E-state index in [9.17, 15) is 33.0 Å². The van der Waals surface area contributed by atoms with Gasteiger partial charge in [-0.1, -0.05) is 26.0 Å². The quantitative estimate of drug-likeness (QED) is 0.243. The molecule has 1 saturated heterocycles. The first-order chi connectivity index (χ1) is 17.4. The molecule has 2 N–H and O–H groups in total. The summed E-state index contributed by atoms with van der Waals surface area (Å²) in [5.74, 6) is -2.03. The first-order valence-electron chi connectivity index (χ1n) is 11.4. The summed E-state index contributed by atoms with van der Waals surface area (Å²) in [6, 6.07) is 13.2. The number of alkyl halides is 3. The summed E-state index contributed by atoms with van der Waals surface area (Å²) < 4.78 is 44.7. The molecule has 4 rings (SSSR count). The molecule has 1 aliphatic heterocycles. The summed E-state index contributed by atoms with van der Waals surface area (Å²) in [5, 5.41) is 21.4. The van der Waals surface area contributed by atoms with Gasteiger partial charge < -0.3 is 14.9 Å². The molecule has 192 valence electrons. The van der Waals surface area contributed by atoms with Gasteiger partial charge in [-0.15, -0.1) is 0 Å². The maximum absolute atomic E-state index is 13.3. The summed E-state index contributed by atoms with van der Waals surface area (Å²) in [6.07, 6.45) is -4.58. The summed E-state index contributed by atoms with van der Waals surface area (Å²) in [7, 11) is 1.51. The monoisotopic (exact) mass is 511 g/mol. The Morgan fingerprint density at radius 2 is 1.68 bits per heavy atom. The van der Waals surface area contributed by atoms with Crippen molar-refractivity contribution in [3.8, 4) is 11.5 Å². The van der Waals surface area contributed by atoms with Crippen LogP contribution >= 0.6 is 0 Å². The number of rotatable bonds is 5. The number of amides is 1. The maximum atomic E-state index is 13.3. The van der Waals surface area contributed by atoms with Gasteiger partial charge >= 0.3 is 6.18 Å². The highest BCUT2D eigenvalue weighted by Gasteiger charge is 2.47. The number of carbonyl (C=O) groups is 2. The lowest BCUT2D eigenvalue weighted by molar-refractivity contribution is -0.137. The SMILES string of the molecule is COc1ccc(/C(O)=C2/C(=O)C(=O)N(c3ccc(C(F)(F)F)cc3)C2c2cccc(O)c2)cc1C(C)C. The number of hydrogen-bond donors (Lipinski definition) is 2. The second-order valence-corrected chi connectivity index (χ2v) is 8.92. The van der Waals surface area contributed by atoms with E-state index in [1.54, 1.807) is 24.3 Å². The lowest BCUT2D eigenvalue weighted by Gasteiger charge is -2.26. The number of phenols is 1. The zero-order valence-electron chi connectivity index (χ0n) is 20.2. The molecule has 0 radical (unpaired) electrons. The predicted molar refractivity (Wildman–Crippen MR) is 131 cm³/mol. The van der Waals surface area contributed by atoms with E-state index in [0.717, 1.165) is 34.7 Å². The van der Waals surface area contributed by atoms with Crippen LogP contribution in [-0.4, -0.2) is 29.0 Å². The number of ether oxygens (including phenoxy) is 1. The number of Topliss-reactive ketones (excluding diaryl/α,β-unsaturated/α-hetero) is 1. The van der Waals surface area contributed by atoms with Gasteiger partial charge in [-0.05, 0) is 71.6 Å². The van der Waals surface area contributed by atoms with Crippen molar-refractivity contribution in [2.45, 2.75) is 32.0 Å². The van der Waals surface area contributed by atoms with Crippen molar-refractivity contribution < 1.29 is 37.7 Å². The number of nitrogens with zero attached hydrogens (tertiary/aromatic N) is 1. The van der Waals surface area contributed by atoms with Crippen LogP contribution in [0.5, 0.6) is 11.5 Å². The molecule has 0 aliphatic carbocycles. The minimum absolute atomic E-state index is 0.0131. The number of aromatic hydroxyl groups is 1. The van der Waals surface area contributed by atoms with E-state index < -0.39 is 35.2 Å². The van der Waals surface area contributed by atoms with Gasteiger partial charge in [-0.25, -0.2) is 0 Å². The van der Waals surface area contributed by atoms with Crippen LogP contribution in [0.4, 0.5) is 18.9 Å². The standard InChI is InChI=1S/C28H24F3NO5/c1-15(2)21-14-17(7-12-22(21)37-3)25(34)23-24(16-5-4-6-20(33)13-16)32(27(36)26(23)35)19-10-8-18(9-11-19)28(29,30)31/h4-15,24,33-34H,1-3H3/b25-23-. The van der Waals surface area contributed by atoms with Crippen molar-refractivity contribution in [3.63, 3.8) is 0 Å². The largest absolute Gasteiger partial charge is 0.508 e. The summed E-state index contributed by atoms with van der Waals surface area (Å²) in [4.78, 5) is 27.5. The third-order valence-corrected chi connectivity index (χ3v) is 6.23. The van der Waals surface area contributed by atoms with Crippen molar-refractivity contribution in [1.82, 2.24) is 0 Å². The molecule has 6 nitrogen and oxygen atoms in total. The molecule has 3 aromatic rings. The molecule has 3 aromatic carbocycles. The molecule has 1 aliphatic rings. The van der Waals surface area contributed by atoms with E-state index >= 15 is 0 Å². The van der Waals surface area contributed by atoms with Crippen LogP contribution in [0, 0.1) is 0 Å². The molecule has 1 unspecified atom stereocenters. The fourth-order valence-electron chi connectivity index (χ4n) is 4.41. The molecular formula is C28H24F3NO5. The number of hydrogen-bond acceptors (Lipinski definition) is 5. The third-order valence-electron chi connectivity index (χ3n) is 6.23. The Bertz CT molecular complexity index is 1390. The number of aliphatic hydroxyl groups excluding tert-OH is 1. The van der Waals surface area contributed by atoms with Crippen LogP contribution in [-0.2, 0) is 15.8 Å². The minimum Gasteiger partial charge on any atom is -0.508 e. The number of benzene rings is 3. The molecule has 1 heterocycles. The lowest BCUT2D eigenvalue weighted by atomic mass is 9.93. The number of phenolic OH excluding ortho intramolecular Hbond substituents is 1. The predicted octanol–water partition coefficient (Wildman–Crippen LogP) is 6.17. The molecule has 0 saturated carbocycles. The number of methoxy groups -OCH3 is 1. The normalized spacial score (nSPS) is 17.5. The smallest absolute Gasteiger partial charge is 0.416 e. The van der Waals surface area contributed by atoms with Crippen LogP contribution in [0.1, 0.15) is 48.1 Å².